The van der Waals surface area contributed by atoms with Crippen LogP contribution >= 0.6 is 35.3 Å². The zero-order valence-electron chi connectivity index (χ0n) is 15.0. The van der Waals surface area contributed by atoms with Crippen molar-refractivity contribution in [3.63, 3.8) is 0 Å². The van der Waals surface area contributed by atoms with Crippen LogP contribution in [0.25, 0.3) is 0 Å². The third kappa shape index (κ3) is 7.53. The number of nitrogens with zero attached hydrogens (tertiary/aromatic N) is 2. The monoisotopic (exact) mass is 514 g/mol. The van der Waals surface area contributed by atoms with Gasteiger partial charge < -0.3 is 15.4 Å². The summed E-state index contributed by atoms with van der Waals surface area (Å²) in [6.07, 6.45) is -3.24. The molecule has 0 atom stereocenters. The van der Waals surface area contributed by atoms with Gasteiger partial charge >= 0.3 is 6.18 Å². The second-order valence-electron chi connectivity index (χ2n) is 5.36. The Labute approximate surface area is 177 Å². The van der Waals surface area contributed by atoms with E-state index in [4.69, 9.17) is 4.74 Å². The number of aromatic nitrogens is 1. The second kappa shape index (κ2) is 11.3. The van der Waals surface area contributed by atoms with Crippen molar-refractivity contribution in [2.24, 2.45) is 4.99 Å². The summed E-state index contributed by atoms with van der Waals surface area (Å²) in [6, 6.07) is 7.77. The Morgan fingerprint density at radius 3 is 2.44 bits per heavy atom. The van der Waals surface area contributed by atoms with Gasteiger partial charge in [0.1, 0.15) is 5.75 Å². The predicted molar refractivity (Wildman–Crippen MR) is 112 cm³/mol. The van der Waals surface area contributed by atoms with Crippen LogP contribution in [-0.4, -0.2) is 38.2 Å². The third-order valence-electron chi connectivity index (χ3n) is 3.58. The topological polar surface area (TPSA) is 58.5 Å². The average molecular weight is 514 g/mol. The highest BCUT2D eigenvalue weighted by atomic mass is 127. The number of para-hydroxylation sites is 1. The molecule has 10 heteroatoms. The fraction of sp³-hybridized carbons (Fsp3) is 0.412. The highest BCUT2D eigenvalue weighted by molar-refractivity contribution is 14.0. The Morgan fingerprint density at radius 1 is 1.19 bits per heavy atom. The maximum absolute atomic E-state index is 12.5. The van der Waals surface area contributed by atoms with Crippen molar-refractivity contribution in [1.29, 1.82) is 0 Å². The van der Waals surface area contributed by atoms with Gasteiger partial charge in [0, 0.05) is 31.9 Å². The molecule has 0 aliphatic rings. The van der Waals surface area contributed by atoms with Gasteiger partial charge in [-0.25, -0.2) is 4.98 Å². The number of alkyl halides is 3. The minimum atomic E-state index is -4.39. The highest BCUT2D eigenvalue weighted by Crippen LogP contribution is 2.30. The van der Waals surface area contributed by atoms with Crippen molar-refractivity contribution >= 4 is 41.3 Å². The summed E-state index contributed by atoms with van der Waals surface area (Å²) in [6.45, 7) is 1.09. The molecule has 2 rings (SSSR count). The Balaban J connectivity index is 0.00000364. The summed E-state index contributed by atoms with van der Waals surface area (Å²) in [5.74, 6) is 1.42. The number of thiazole rings is 1. The van der Waals surface area contributed by atoms with E-state index < -0.39 is 11.9 Å². The molecule has 150 valence electrons. The van der Waals surface area contributed by atoms with Crippen molar-refractivity contribution in [3.8, 4) is 5.75 Å². The Morgan fingerprint density at radius 2 is 1.85 bits per heavy atom. The maximum Gasteiger partial charge on any atom is 0.434 e. The normalized spacial score (nSPS) is 11.7. The fourth-order valence-corrected chi connectivity index (χ4v) is 3.09. The number of halogens is 4. The lowest BCUT2D eigenvalue weighted by molar-refractivity contribution is -0.140. The van der Waals surface area contributed by atoms with Gasteiger partial charge in [0.05, 0.1) is 12.1 Å². The Kier molecular flexibility index (Phi) is 9.84. The van der Waals surface area contributed by atoms with Crippen LogP contribution in [0.4, 0.5) is 13.2 Å². The first-order valence-corrected chi connectivity index (χ1v) is 8.90. The quantitative estimate of drug-likeness (QED) is 0.336. The van der Waals surface area contributed by atoms with Gasteiger partial charge in [0.15, 0.2) is 11.7 Å². The smallest absolute Gasteiger partial charge is 0.434 e. The van der Waals surface area contributed by atoms with E-state index in [2.05, 4.69) is 20.6 Å². The van der Waals surface area contributed by atoms with Crippen LogP contribution in [0.3, 0.4) is 0 Å². The number of methoxy groups -OCH3 is 1. The van der Waals surface area contributed by atoms with Gasteiger partial charge in [-0.15, -0.1) is 35.3 Å². The third-order valence-corrected chi connectivity index (χ3v) is 4.49. The van der Waals surface area contributed by atoms with E-state index in [0.29, 0.717) is 30.5 Å². The molecule has 0 amide bonds. The molecule has 0 fully saturated rings. The van der Waals surface area contributed by atoms with E-state index in [1.165, 1.54) is 0 Å². The molecule has 1 aromatic heterocycles. The van der Waals surface area contributed by atoms with Crippen LogP contribution < -0.4 is 15.4 Å². The molecular weight excluding hydrogens is 492 g/mol. The standard InChI is InChI=1S/C17H21F3N4OS.HI/c1-21-16(22-9-7-12-5-3-4-6-13(12)25-2)23-10-8-15-24-14(11-26-15)17(18,19)20;/h3-6,11H,7-10H2,1-2H3,(H2,21,22,23);1H. The second-order valence-corrected chi connectivity index (χ2v) is 6.30. The molecule has 0 aliphatic heterocycles. The van der Waals surface area contributed by atoms with Gasteiger partial charge in [-0.3, -0.25) is 4.99 Å². The van der Waals surface area contributed by atoms with Crippen LogP contribution in [0.15, 0.2) is 34.6 Å². The molecular formula is C17H22F3IN4OS. The van der Waals surface area contributed by atoms with Crippen molar-refractivity contribution < 1.29 is 17.9 Å². The summed E-state index contributed by atoms with van der Waals surface area (Å²) in [5, 5.41) is 7.72. The average Bonchev–Trinajstić information content (AvgIpc) is 3.10. The molecule has 27 heavy (non-hydrogen) atoms. The molecule has 1 heterocycles. The summed E-state index contributed by atoms with van der Waals surface area (Å²) < 4.78 is 42.9. The number of benzene rings is 1. The summed E-state index contributed by atoms with van der Waals surface area (Å²) in [7, 11) is 3.28. The SMILES string of the molecule is CN=C(NCCc1nc(C(F)(F)F)cs1)NCCc1ccccc1OC.I. The van der Waals surface area contributed by atoms with Crippen LogP contribution in [0.2, 0.25) is 0 Å². The molecule has 1 aromatic carbocycles. The number of hydrogen-bond acceptors (Lipinski definition) is 4. The summed E-state index contributed by atoms with van der Waals surface area (Å²) >= 11 is 1.01. The van der Waals surface area contributed by atoms with Crippen LogP contribution in [0.1, 0.15) is 16.3 Å². The van der Waals surface area contributed by atoms with Crippen molar-refractivity contribution in [1.82, 2.24) is 15.6 Å². The van der Waals surface area contributed by atoms with Crippen LogP contribution in [-0.2, 0) is 19.0 Å². The number of aliphatic imine (C=N–C) groups is 1. The van der Waals surface area contributed by atoms with Gasteiger partial charge in [0.25, 0.3) is 0 Å². The number of guanidine groups is 1. The van der Waals surface area contributed by atoms with Crippen molar-refractivity contribution in [3.05, 3.63) is 45.9 Å². The Bertz CT molecular complexity index is 737. The fourth-order valence-electron chi connectivity index (χ4n) is 2.29. The van der Waals surface area contributed by atoms with Crippen molar-refractivity contribution in [2.45, 2.75) is 19.0 Å². The maximum atomic E-state index is 12.5. The summed E-state index contributed by atoms with van der Waals surface area (Å²) in [5.41, 5.74) is 0.247. The van der Waals surface area contributed by atoms with Crippen molar-refractivity contribution in [2.75, 3.05) is 27.2 Å². The number of rotatable bonds is 7. The number of nitrogens with one attached hydrogen (secondary N) is 2. The minimum absolute atomic E-state index is 0. The van der Waals surface area contributed by atoms with E-state index in [1.807, 2.05) is 24.3 Å². The highest BCUT2D eigenvalue weighted by Gasteiger charge is 2.33. The molecule has 0 radical (unpaired) electrons. The molecule has 0 spiro atoms. The van der Waals surface area contributed by atoms with E-state index in [-0.39, 0.29) is 24.0 Å². The molecule has 0 aliphatic carbocycles. The predicted octanol–water partition coefficient (Wildman–Crippen LogP) is 3.74. The largest absolute Gasteiger partial charge is 0.496 e. The number of hydrogen-bond donors (Lipinski definition) is 2. The first kappa shape index (κ1) is 23.5. The lowest BCUT2D eigenvalue weighted by Crippen LogP contribution is -2.39. The number of ether oxygens (including phenoxy) is 1. The van der Waals surface area contributed by atoms with E-state index in [0.717, 1.165) is 34.5 Å². The van der Waals surface area contributed by atoms with E-state index in [9.17, 15) is 13.2 Å². The molecule has 0 unspecified atom stereocenters. The van der Waals surface area contributed by atoms with E-state index >= 15 is 0 Å². The van der Waals surface area contributed by atoms with Gasteiger partial charge in [0.2, 0.25) is 0 Å². The zero-order chi connectivity index (χ0) is 19.0. The molecule has 0 saturated carbocycles. The molecule has 2 aromatic rings. The first-order chi connectivity index (χ1) is 12.4. The van der Waals surface area contributed by atoms with Crippen LogP contribution in [0.5, 0.6) is 5.75 Å². The zero-order valence-corrected chi connectivity index (χ0v) is 18.1. The Hall–Kier alpha value is -1.56. The molecule has 2 N–H and O–H groups in total. The lowest BCUT2D eigenvalue weighted by Gasteiger charge is -2.12. The van der Waals surface area contributed by atoms with E-state index in [1.54, 1.807) is 14.2 Å². The molecule has 5 nitrogen and oxygen atoms in total. The van der Waals surface area contributed by atoms with Crippen LogP contribution in [0, 0.1) is 0 Å². The minimum Gasteiger partial charge on any atom is -0.496 e. The van der Waals surface area contributed by atoms with Gasteiger partial charge in [-0.1, -0.05) is 18.2 Å². The van der Waals surface area contributed by atoms with Gasteiger partial charge in [-0.05, 0) is 18.1 Å². The van der Waals surface area contributed by atoms with Gasteiger partial charge in [-0.2, -0.15) is 13.2 Å². The lowest BCUT2D eigenvalue weighted by atomic mass is 10.1. The summed E-state index contributed by atoms with van der Waals surface area (Å²) in [4.78, 5) is 7.71. The molecule has 0 bridgehead atoms. The first-order valence-electron chi connectivity index (χ1n) is 8.02. The molecule has 0 saturated heterocycles.